The first-order valence-corrected chi connectivity index (χ1v) is 7.92. The van der Waals surface area contributed by atoms with Crippen molar-refractivity contribution in [3.63, 3.8) is 0 Å². The summed E-state index contributed by atoms with van der Waals surface area (Å²) >= 11 is 0. The number of benzene rings is 2. The van der Waals surface area contributed by atoms with E-state index in [-0.39, 0.29) is 0 Å². The molecule has 0 amide bonds. The molecule has 0 heterocycles. The highest BCUT2D eigenvalue weighted by atomic mass is 16.5. The van der Waals surface area contributed by atoms with Crippen molar-refractivity contribution in [2.45, 2.75) is 6.42 Å². The summed E-state index contributed by atoms with van der Waals surface area (Å²) < 4.78 is 11.0. The minimum absolute atomic E-state index is 0.483. The molecular formula is C20H23N3O2. The lowest BCUT2D eigenvalue weighted by molar-refractivity contribution is 0.395. The molecule has 0 atom stereocenters. The van der Waals surface area contributed by atoms with Gasteiger partial charge >= 0.3 is 0 Å². The first-order chi connectivity index (χ1) is 12.1. The molecule has 1 N–H and O–H groups in total. The summed E-state index contributed by atoms with van der Waals surface area (Å²) in [5.41, 5.74) is 3.37. The molecule has 0 fully saturated rings. The molecule has 0 aliphatic heterocycles. The van der Waals surface area contributed by atoms with E-state index in [1.165, 1.54) is 0 Å². The van der Waals surface area contributed by atoms with Gasteiger partial charge in [-0.3, -0.25) is 0 Å². The molecule has 0 spiro atoms. The maximum absolute atomic E-state index is 9.43. The summed E-state index contributed by atoms with van der Waals surface area (Å²) in [4.78, 5) is 1.94. The first kappa shape index (κ1) is 18.2. The third-order valence-electron chi connectivity index (χ3n) is 3.71. The molecular weight excluding hydrogens is 314 g/mol. The molecule has 0 saturated carbocycles. The van der Waals surface area contributed by atoms with Crippen molar-refractivity contribution >= 4 is 11.4 Å². The van der Waals surface area contributed by atoms with E-state index in [0.29, 0.717) is 23.5 Å². The fraction of sp³-hybridized carbons (Fsp3) is 0.250. The monoisotopic (exact) mass is 337 g/mol. The van der Waals surface area contributed by atoms with Gasteiger partial charge in [0.25, 0.3) is 0 Å². The number of rotatable bonds is 7. The number of hydrogen-bond donors (Lipinski definition) is 1. The Morgan fingerprint density at radius 1 is 1.12 bits per heavy atom. The van der Waals surface area contributed by atoms with Crippen LogP contribution in [0.4, 0.5) is 11.4 Å². The number of ether oxygens (including phenoxy) is 2. The number of anilines is 2. The fourth-order valence-corrected chi connectivity index (χ4v) is 2.54. The van der Waals surface area contributed by atoms with E-state index in [4.69, 9.17) is 9.47 Å². The van der Waals surface area contributed by atoms with Crippen molar-refractivity contribution in [3.8, 4) is 17.6 Å². The van der Waals surface area contributed by atoms with Gasteiger partial charge in [-0.2, -0.15) is 5.26 Å². The highest BCUT2D eigenvalue weighted by molar-refractivity contribution is 5.68. The summed E-state index contributed by atoms with van der Waals surface area (Å²) in [6, 6.07) is 15.8. The molecule has 5 nitrogen and oxygen atoms in total. The zero-order valence-electron chi connectivity index (χ0n) is 15.0. The van der Waals surface area contributed by atoms with E-state index in [2.05, 4.69) is 11.4 Å². The second-order valence-corrected chi connectivity index (χ2v) is 5.71. The van der Waals surface area contributed by atoms with Crippen LogP contribution in [0.25, 0.3) is 0 Å². The fourth-order valence-electron chi connectivity index (χ4n) is 2.54. The predicted molar refractivity (Wildman–Crippen MR) is 101 cm³/mol. The molecule has 5 heteroatoms. The van der Waals surface area contributed by atoms with E-state index in [1.54, 1.807) is 20.4 Å². The van der Waals surface area contributed by atoms with Gasteiger partial charge in [0.05, 0.1) is 20.3 Å². The van der Waals surface area contributed by atoms with Crippen LogP contribution in [-0.2, 0) is 6.42 Å². The van der Waals surface area contributed by atoms with Crippen molar-refractivity contribution in [3.05, 3.63) is 59.8 Å². The Morgan fingerprint density at radius 3 is 2.20 bits per heavy atom. The van der Waals surface area contributed by atoms with Crippen molar-refractivity contribution < 1.29 is 9.47 Å². The van der Waals surface area contributed by atoms with E-state index in [0.717, 1.165) is 16.9 Å². The van der Waals surface area contributed by atoms with Gasteiger partial charge in [-0.25, -0.2) is 0 Å². The Balaban J connectivity index is 2.27. The quantitative estimate of drug-likeness (QED) is 0.778. The Labute approximate surface area is 149 Å². The predicted octanol–water partition coefficient (Wildman–Crippen LogP) is 3.83. The standard InChI is InChI=1S/C20H23N3O2/c1-23(2)20-18(24-3)11-15(12-19(20)25-4)10-16(13-21)14-22-17-8-6-5-7-9-17/h5-9,11-12,14,22H,10H2,1-4H3. The lowest BCUT2D eigenvalue weighted by atomic mass is 10.0. The Bertz CT molecular complexity index is 752. The number of methoxy groups -OCH3 is 2. The smallest absolute Gasteiger partial charge is 0.146 e. The van der Waals surface area contributed by atoms with E-state index in [1.807, 2.05) is 61.5 Å². The van der Waals surface area contributed by atoms with Crippen LogP contribution in [0.3, 0.4) is 0 Å². The van der Waals surface area contributed by atoms with Crippen molar-refractivity contribution in [1.82, 2.24) is 0 Å². The summed E-state index contributed by atoms with van der Waals surface area (Å²) in [5.74, 6) is 1.43. The second-order valence-electron chi connectivity index (χ2n) is 5.71. The highest BCUT2D eigenvalue weighted by Gasteiger charge is 2.15. The van der Waals surface area contributed by atoms with Gasteiger partial charge < -0.3 is 19.7 Å². The molecule has 0 unspecified atom stereocenters. The van der Waals surface area contributed by atoms with Gasteiger partial charge in [-0.05, 0) is 29.8 Å². The topological polar surface area (TPSA) is 57.5 Å². The maximum Gasteiger partial charge on any atom is 0.146 e. The van der Waals surface area contributed by atoms with Crippen LogP contribution < -0.4 is 19.7 Å². The lowest BCUT2D eigenvalue weighted by Crippen LogP contribution is -2.12. The second kappa shape index (κ2) is 8.65. The van der Waals surface area contributed by atoms with Crippen LogP contribution in [0.15, 0.2) is 54.2 Å². The van der Waals surface area contributed by atoms with Crippen LogP contribution in [0, 0.1) is 11.3 Å². The van der Waals surface area contributed by atoms with Crippen molar-refractivity contribution in [2.24, 2.45) is 0 Å². The average molecular weight is 337 g/mol. The molecule has 130 valence electrons. The molecule has 0 aliphatic carbocycles. The zero-order chi connectivity index (χ0) is 18.2. The molecule has 25 heavy (non-hydrogen) atoms. The van der Waals surface area contributed by atoms with Crippen LogP contribution in [0.2, 0.25) is 0 Å². The number of para-hydroxylation sites is 1. The van der Waals surface area contributed by atoms with Crippen molar-refractivity contribution in [1.29, 1.82) is 5.26 Å². The van der Waals surface area contributed by atoms with E-state index < -0.39 is 0 Å². The molecule has 2 aromatic rings. The van der Waals surface area contributed by atoms with E-state index in [9.17, 15) is 5.26 Å². The van der Waals surface area contributed by atoms with Crippen LogP contribution in [0.5, 0.6) is 11.5 Å². The van der Waals surface area contributed by atoms with Gasteiger partial charge in [-0.1, -0.05) is 18.2 Å². The van der Waals surface area contributed by atoms with Gasteiger partial charge in [0.1, 0.15) is 17.2 Å². The van der Waals surface area contributed by atoms with Gasteiger partial charge in [0, 0.05) is 38.0 Å². The van der Waals surface area contributed by atoms with Crippen LogP contribution in [0.1, 0.15) is 5.56 Å². The minimum atomic E-state index is 0.483. The number of nitrogens with zero attached hydrogens (tertiary/aromatic N) is 2. The lowest BCUT2D eigenvalue weighted by Gasteiger charge is -2.21. The molecule has 0 saturated heterocycles. The molecule has 0 radical (unpaired) electrons. The molecule has 0 bridgehead atoms. The van der Waals surface area contributed by atoms with Crippen molar-refractivity contribution in [2.75, 3.05) is 38.5 Å². The Morgan fingerprint density at radius 2 is 1.72 bits per heavy atom. The maximum atomic E-state index is 9.43. The minimum Gasteiger partial charge on any atom is -0.494 e. The Hall–Kier alpha value is -3.13. The Kier molecular flexibility index (Phi) is 6.30. The molecule has 0 aromatic heterocycles. The average Bonchev–Trinajstić information content (AvgIpc) is 2.64. The van der Waals surface area contributed by atoms with Crippen LogP contribution in [-0.4, -0.2) is 28.3 Å². The van der Waals surface area contributed by atoms with Gasteiger partial charge in [0.15, 0.2) is 0 Å². The summed E-state index contributed by atoms with van der Waals surface area (Å²) in [5, 5.41) is 12.6. The number of nitrogens with one attached hydrogen (secondary N) is 1. The first-order valence-electron chi connectivity index (χ1n) is 7.92. The normalized spacial score (nSPS) is 10.8. The zero-order valence-corrected chi connectivity index (χ0v) is 15.0. The molecule has 2 aromatic carbocycles. The summed E-state index contributed by atoms with van der Waals surface area (Å²) in [6.07, 6.45) is 2.21. The summed E-state index contributed by atoms with van der Waals surface area (Å²) in [6.45, 7) is 0. The molecule has 2 rings (SSSR count). The number of nitriles is 1. The van der Waals surface area contributed by atoms with E-state index >= 15 is 0 Å². The highest BCUT2D eigenvalue weighted by Crippen LogP contribution is 2.38. The summed E-state index contributed by atoms with van der Waals surface area (Å²) in [7, 11) is 7.13. The SMILES string of the molecule is COc1cc(CC(C#N)=CNc2ccccc2)cc(OC)c1N(C)C. The largest absolute Gasteiger partial charge is 0.494 e. The number of hydrogen-bond acceptors (Lipinski definition) is 5. The van der Waals surface area contributed by atoms with Gasteiger partial charge in [0.2, 0.25) is 0 Å². The molecule has 0 aliphatic rings. The van der Waals surface area contributed by atoms with Crippen LogP contribution >= 0.6 is 0 Å². The third-order valence-corrected chi connectivity index (χ3v) is 3.71. The third kappa shape index (κ3) is 4.67. The van der Waals surface area contributed by atoms with Gasteiger partial charge in [-0.15, -0.1) is 0 Å². The number of allylic oxidation sites excluding steroid dienone is 1.